The largest absolute Gasteiger partial charge is 0.368 e. The van der Waals surface area contributed by atoms with Crippen LogP contribution in [0.1, 0.15) is 40.5 Å². The van der Waals surface area contributed by atoms with Crippen LogP contribution in [0.2, 0.25) is 0 Å². The Bertz CT molecular complexity index is 279. The summed E-state index contributed by atoms with van der Waals surface area (Å²) in [6.07, 6.45) is 1.17. The van der Waals surface area contributed by atoms with E-state index in [0.29, 0.717) is 18.8 Å². The van der Waals surface area contributed by atoms with E-state index in [4.69, 9.17) is 11.5 Å². The lowest BCUT2D eigenvalue weighted by Crippen LogP contribution is -2.56. The molecule has 0 heterocycles. The SMILES string of the molecule is CCC(C)(NC(=O)C(CN)CC(C)C)C(N)=O. The summed E-state index contributed by atoms with van der Waals surface area (Å²) in [6, 6.07) is 0. The Hall–Kier alpha value is -1.10. The molecule has 0 aromatic heterocycles. The molecule has 5 heteroatoms. The zero-order chi connectivity index (χ0) is 13.6. The monoisotopic (exact) mass is 243 g/mol. The molecule has 0 aliphatic heterocycles. The molecule has 0 saturated carbocycles. The number of nitrogens with one attached hydrogen (secondary N) is 1. The number of hydrogen-bond donors (Lipinski definition) is 3. The van der Waals surface area contributed by atoms with Crippen LogP contribution < -0.4 is 16.8 Å². The molecule has 2 amide bonds. The second-order valence-electron chi connectivity index (χ2n) is 5.10. The average Bonchev–Trinajstić information content (AvgIpc) is 2.24. The third kappa shape index (κ3) is 4.73. The van der Waals surface area contributed by atoms with Gasteiger partial charge in [0.1, 0.15) is 5.54 Å². The molecular formula is C12H25N3O2. The predicted octanol–water partition coefficient (Wildman–Crippen LogP) is 0.378. The Kier molecular flexibility index (Phi) is 6.16. The molecule has 0 fully saturated rings. The molecule has 100 valence electrons. The van der Waals surface area contributed by atoms with E-state index in [0.717, 1.165) is 0 Å². The summed E-state index contributed by atoms with van der Waals surface area (Å²) in [5.41, 5.74) is 9.88. The van der Waals surface area contributed by atoms with E-state index in [-0.39, 0.29) is 18.4 Å². The van der Waals surface area contributed by atoms with Crippen molar-refractivity contribution in [3.8, 4) is 0 Å². The maximum absolute atomic E-state index is 12.0. The molecule has 0 bridgehead atoms. The normalized spacial score (nSPS) is 16.4. The van der Waals surface area contributed by atoms with Gasteiger partial charge in [-0.25, -0.2) is 0 Å². The molecule has 0 rings (SSSR count). The fraction of sp³-hybridized carbons (Fsp3) is 0.833. The lowest BCUT2D eigenvalue weighted by atomic mass is 9.93. The van der Waals surface area contributed by atoms with Gasteiger partial charge in [0.05, 0.1) is 5.92 Å². The topological polar surface area (TPSA) is 98.2 Å². The van der Waals surface area contributed by atoms with Gasteiger partial charge in [0, 0.05) is 6.54 Å². The maximum Gasteiger partial charge on any atom is 0.242 e. The van der Waals surface area contributed by atoms with Gasteiger partial charge in [0.15, 0.2) is 0 Å². The zero-order valence-electron chi connectivity index (χ0n) is 11.2. The van der Waals surface area contributed by atoms with Crippen LogP contribution in [0.15, 0.2) is 0 Å². The van der Waals surface area contributed by atoms with Gasteiger partial charge in [-0.15, -0.1) is 0 Å². The van der Waals surface area contributed by atoms with Gasteiger partial charge in [-0.3, -0.25) is 9.59 Å². The molecule has 5 nitrogen and oxygen atoms in total. The number of carbonyl (C=O) groups excluding carboxylic acids is 2. The van der Waals surface area contributed by atoms with Crippen LogP contribution in [0.25, 0.3) is 0 Å². The van der Waals surface area contributed by atoms with Gasteiger partial charge >= 0.3 is 0 Å². The highest BCUT2D eigenvalue weighted by Gasteiger charge is 2.32. The van der Waals surface area contributed by atoms with Crippen LogP contribution in [0.3, 0.4) is 0 Å². The van der Waals surface area contributed by atoms with Crippen molar-refractivity contribution in [1.82, 2.24) is 5.32 Å². The van der Waals surface area contributed by atoms with Crippen molar-refractivity contribution in [3.05, 3.63) is 0 Å². The van der Waals surface area contributed by atoms with Crippen LogP contribution in [0, 0.1) is 11.8 Å². The number of amides is 2. The van der Waals surface area contributed by atoms with E-state index in [1.807, 2.05) is 20.8 Å². The molecule has 5 N–H and O–H groups in total. The molecule has 2 unspecified atom stereocenters. The molecule has 0 aromatic rings. The molecule has 0 aromatic carbocycles. The maximum atomic E-state index is 12.0. The molecule has 0 aliphatic carbocycles. The van der Waals surface area contributed by atoms with Crippen molar-refractivity contribution >= 4 is 11.8 Å². The summed E-state index contributed by atoms with van der Waals surface area (Å²) in [5.74, 6) is -0.589. The number of carbonyl (C=O) groups is 2. The number of hydrogen-bond acceptors (Lipinski definition) is 3. The van der Waals surface area contributed by atoms with Gasteiger partial charge in [-0.05, 0) is 25.7 Å². The lowest BCUT2D eigenvalue weighted by molar-refractivity contribution is -0.133. The van der Waals surface area contributed by atoms with Gasteiger partial charge < -0.3 is 16.8 Å². The molecule has 0 spiro atoms. The zero-order valence-corrected chi connectivity index (χ0v) is 11.2. The van der Waals surface area contributed by atoms with E-state index in [1.165, 1.54) is 0 Å². The number of nitrogens with two attached hydrogens (primary N) is 2. The fourth-order valence-electron chi connectivity index (χ4n) is 1.58. The van der Waals surface area contributed by atoms with Gasteiger partial charge in [0.25, 0.3) is 0 Å². The average molecular weight is 243 g/mol. The van der Waals surface area contributed by atoms with Crippen LogP contribution in [0.5, 0.6) is 0 Å². The van der Waals surface area contributed by atoms with Gasteiger partial charge in [-0.2, -0.15) is 0 Å². The van der Waals surface area contributed by atoms with Crippen molar-refractivity contribution in [2.45, 2.75) is 46.1 Å². The highest BCUT2D eigenvalue weighted by atomic mass is 16.2. The van der Waals surface area contributed by atoms with E-state index < -0.39 is 11.4 Å². The Balaban J connectivity index is 4.64. The second-order valence-corrected chi connectivity index (χ2v) is 5.10. The third-order valence-electron chi connectivity index (χ3n) is 3.06. The Morgan fingerprint density at radius 1 is 1.35 bits per heavy atom. The molecular weight excluding hydrogens is 218 g/mol. The van der Waals surface area contributed by atoms with E-state index in [9.17, 15) is 9.59 Å². The van der Waals surface area contributed by atoms with Crippen LogP contribution in [-0.4, -0.2) is 23.9 Å². The van der Waals surface area contributed by atoms with Crippen molar-refractivity contribution in [1.29, 1.82) is 0 Å². The summed E-state index contributed by atoms with van der Waals surface area (Å²) in [7, 11) is 0. The van der Waals surface area contributed by atoms with Gasteiger partial charge in [-0.1, -0.05) is 20.8 Å². The van der Waals surface area contributed by atoms with Crippen LogP contribution in [-0.2, 0) is 9.59 Å². The van der Waals surface area contributed by atoms with E-state index in [1.54, 1.807) is 6.92 Å². The number of primary amides is 1. The minimum atomic E-state index is -0.985. The highest BCUT2D eigenvalue weighted by Crippen LogP contribution is 2.14. The summed E-state index contributed by atoms with van der Waals surface area (Å²) in [6.45, 7) is 7.79. The molecule has 0 saturated heterocycles. The minimum absolute atomic E-state index is 0.190. The van der Waals surface area contributed by atoms with Crippen LogP contribution >= 0.6 is 0 Å². The number of rotatable bonds is 7. The van der Waals surface area contributed by atoms with Crippen LogP contribution in [0.4, 0.5) is 0 Å². The summed E-state index contributed by atoms with van der Waals surface area (Å²) in [4.78, 5) is 23.3. The van der Waals surface area contributed by atoms with Gasteiger partial charge in [0.2, 0.25) is 11.8 Å². The van der Waals surface area contributed by atoms with E-state index >= 15 is 0 Å². The molecule has 2 atom stereocenters. The van der Waals surface area contributed by atoms with Crippen molar-refractivity contribution in [3.63, 3.8) is 0 Å². The first-order valence-corrected chi connectivity index (χ1v) is 6.08. The molecule has 17 heavy (non-hydrogen) atoms. The predicted molar refractivity (Wildman–Crippen MR) is 68.0 cm³/mol. The second kappa shape index (κ2) is 6.59. The molecule has 0 radical (unpaired) electrons. The first kappa shape index (κ1) is 15.9. The van der Waals surface area contributed by atoms with Crippen molar-refractivity contribution in [2.24, 2.45) is 23.3 Å². The Labute approximate surface area is 103 Å². The molecule has 0 aliphatic rings. The quantitative estimate of drug-likeness (QED) is 0.602. The third-order valence-corrected chi connectivity index (χ3v) is 3.06. The minimum Gasteiger partial charge on any atom is -0.368 e. The summed E-state index contributed by atoms with van der Waals surface area (Å²) < 4.78 is 0. The van der Waals surface area contributed by atoms with Crippen molar-refractivity contribution in [2.75, 3.05) is 6.54 Å². The Morgan fingerprint density at radius 3 is 2.18 bits per heavy atom. The standard InChI is InChI=1S/C12H25N3O2/c1-5-12(4,11(14)17)15-10(16)9(7-13)6-8(2)3/h8-9H,5-7,13H2,1-4H3,(H2,14,17)(H,15,16). The summed E-state index contributed by atoms with van der Waals surface area (Å²) in [5, 5.41) is 2.71. The smallest absolute Gasteiger partial charge is 0.242 e. The van der Waals surface area contributed by atoms with Crippen molar-refractivity contribution < 1.29 is 9.59 Å². The lowest BCUT2D eigenvalue weighted by Gasteiger charge is -2.28. The first-order valence-electron chi connectivity index (χ1n) is 6.08. The summed E-state index contributed by atoms with van der Waals surface area (Å²) >= 11 is 0. The fourth-order valence-corrected chi connectivity index (χ4v) is 1.58. The Morgan fingerprint density at radius 2 is 1.88 bits per heavy atom. The van der Waals surface area contributed by atoms with E-state index in [2.05, 4.69) is 5.32 Å². The highest BCUT2D eigenvalue weighted by molar-refractivity contribution is 5.90. The first-order chi connectivity index (χ1) is 7.76.